The molecular formula is C14H26N2O4. The average Bonchev–Trinajstić information content (AvgIpc) is 3.12. The van der Waals surface area contributed by atoms with E-state index in [0.29, 0.717) is 19.7 Å². The molecule has 0 aromatic rings. The summed E-state index contributed by atoms with van der Waals surface area (Å²) in [4.78, 5) is 13.6. The molecule has 0 aromatic heterocycles. The maximum atomic E-state index is 11.7. The van der Waals surface area contributed by atoms with Crippen molar-refractivity contribution < 1.29 is 19.4 Å². The number of rotatable bonds is 8. The molecule has 0 spiro atoms. The van der Waals surface area contributed by atoms with E-state index in [4.69, 9.17) is 9.47 Å². The molecule has 116 valence electrons. The van der Waals surface area contributed by atoms with Crippen LogP contribution in [0.25, 0.3) is 0 Å². The van der Waals surface area contributed by atoms with E-state index in [1.54, 1.807) is 0 Å². The van der Waals surface area contributed by atoms with Crippen LogP contribution in [0.2, 0.25) is 0 Å². The molecule has 2 fully saturated rings. The first-order chi connectivity index (χ1) is 9.75. The predicted octanol–water partition coefficient (Wildman–Crippen LogP) is -0.245. The minimum absolute atomic E-state index is 0.120. The highest BCUT2D eigenvalue weighted by Gasteiger charge is 2.18. The van der Waals surface area contributed by atoms with Gasteiger partial charge >= 0.3 is 0 Å². The monoisotopic (exact) mass is 286 g/mol. The molecule has 2 unspecified atom stereocenters. The SMILES string of the molecule is O=C(CNCC(O)COCC1CCCO1)N1CCCC1. The Hall–Kier alpha value is -0.690. The third-order valence-corrected chi connectivity index (χ3v) is 3.75. The topological polar surface area (TPSA) is 71.0 Å². The fourth-order valence-corrected chi connectivity index (χ4v) is 2.59. The summed E-state index contributed by atoms with van der Waals surface area (Å²) in [6.07, 6.45) is 3.95. The highest BCUT2D eigenvalue weighted by molar-refractivity contribution is 5.78. The number of ether oxygens (including phenoxy) is 2. The normalized spacial score (nSPS) is 24.2. The molecule has 1 amide bonds. The molecule has 2 N–H and O–H groups in total. The molecule has 2 heterocycles. The molecule has 6 heteroatoms. The molecule has 0 aliphatic carbocycles. The Morgan fingerprint density at radius 2 is 2.20 bits per heavy atom. The molecule has 2 rings (SSSR count). The van der Waals surface area contributed by atoms with E-state index in [1.165, 1.54) is 0 Å². The standard InChI is InChI=1S/C14H26N2O4/c17-12(10-19-11-13-4-3-7-20-13)8-15-9-14(18)16-5-1-2-6-16/h12-13,15,17H,1-11H2. The second-order valence-corrected chi connectivity index (χ2v) is 5.55. The number of likely N-dealkylation sites (tertiary alicyclic amines) is 1. The van der Waals surface area contributed by atoms with Crippen LogP contribution < -0.4 is 5.32 Å². The maximum absolute atomic E-state index is 11.7. The minimum Gasteiger partial charge on any atom is -0.389 e. The zero-order valence-corrected chi connectivity index (χ0v) is 12.1. The molecule has 0 saturated carbocycles. The van der Waals surface area contributed by atoms with E-state index in [0.717, 1.165) is 45.4 Å². The van der Waals surface area contributed by atoms with Gasteiger partial charge in [-0.15, -0.1) is 0 Å². The quantitative estimate of drug-likeness (QED) is 0.644. The first-order valence-corrected chi connectivity index (χ1v) is 7.61. The summed E-state index contributed by atoms with van der Waals surface area (Å²) < 4.78 is 10.9. The Kier molecular flexibility index (Phi) is 6.72. The predicted molar refractivity (Wildman–Crippen MR) is 74.5 cm³/mol. The Balaban J connectivity index is 1.46. The molecule has 20 heavy (non-hydrogen) atoms. The number of hydrogen-bond donors (Lipinski definition) is 2. The van der Waals surface area contributed by atoms with Gasteiger partial charge < -0.3 is 24.8 Å². The highest BCUT2D eigenvalue weighted by atomic mass is 16.5. The van der Waals surface area contributed by atoms with E-state index in [9.17, 15) is 9.90 Å². The van der Waals surface area contributed by atoms with E-state index < -0.39 is 6.10 Å². The van der Waals surface area contributed by atoms with Crippen molar-refractivity contribution in [3.63, 3.8) is 0 Å². The van der Waals surface area contributed by atoms with E-state index in [2.05, 4.69) is 5.32 Å². The van der Waals surface area contributed by atoms with Crippen molar-refractivity contribution in [2.45, 2.75) is 37.9 Å². The number of carbonyl (C=O) groups is 1. The zero-order valence-electron chi connectivity index (χ0n) is 12.1. The van der Waals surface area contributed by atoms with Gasteiger partial charge in [-0.3, -0.25) is 4.79 Å². The van der Waals surface area contributed by atoms with Gasteiger partial charge in [0.05, 0.1) is 32.0 Å². The number of nitrogens with zero attached hydrogens (tertiary/aromatic N) is 1. The molecule has 2 aliphatic heterocycles. The van der Waals surface area contributed by atoms with Crippen molar-refractivity contribution in [2.75, 3.05) is 46.0 Å². The third-order valence-electron chi connectivity index (χ3n) is 3.75. The Bertz CT molecular complexity index is 289. The van der Waals surface area contributed by atoms with Crippen LogP contribution in [0, 0.1) is 0 Å². The summed E-state index contributed by atoms with van der Waals surface area (Å²) in [7, 11) is 0. The van der Waals surface area contributed by atoms with Crippen LogP contribution in [-0.2, 0) is 14.3 Å². The second kappa shape index (κ2) is 8.56. The van der Waals surface area contributed by atoms with Crippen LogP contribution in [0.15, 0.2) is 0 Å². The molecule has 0 radical (unpaired) electrons. The summed E-state index contributed by atoms with van der Waals surface area (Å²) in [6.45, 7) is 4.06. The number of aliphatic hydroxyl groups excluding tert-OH is 1. The number of aliphatic hydroxyl groups is 1. The maximum Gasteiger partial charge on any atom is 0.236 e. The van der Waals surface area contributed by atoms with Gasteiger partial charge in [0, 0.05) is 26.2 Å². The van der Waals surface area contributed by atoms with Crippen LogP contribution in [-0.4, -0.2) is 74.1 Å². The first-order valence-electron chi connectivity index (χ1n) is 7.61. The van der Waals surface area contributed by atoms with Gasteiger partial charge in [-0.1, -0.05) is 0 Å². The largest absolute Gasteiger partial charge is 0.389 e. The lowest BCUT2D eigenvalue weighted by Gasteiger charge is -2.17. The van der Waals surface area contributed by atoms with Gasteiger partial charge in [-0.2, -0.15) is 0 Å². The van der Waals surface area contributed by atoms with Crippen molar-refractivity contribution in [3.05, 3.63) is 0 Å². The number of carbonyl (C=O) groups excluding carboxylic acids is 1. The van der Waals surface area contributed by atoms with E-state index in [-0.39, 0.29) is 18.6 Å². The summed E-state index contributed by atoms with van der Waals surface area (Å²) >= 11 is 0. The molecule has 2 saturated heterocycles. The van der Waals surface area contributed by atoms with Gasteiger partial charge in [-0.05, 0) is 25.7 Å². The summed E-state index contributed by atoms with van der Waals surface area (Å²) in [5, 5.41) is 12.7. The molecule has 6 nitrogen and oxygen atoms in total. The summed E-state index contributed by atoms with van der Waals surface area (Å²) in [6, 6.07) is 0. The molecule has 0 aromatic carbocycles. The van der Waals surface area contributed by atoms with Gasteiger partial charge in [0.25, 0.3) is 0 Å². The van der Waals surface area contributed by atoms with Crippen LogP contribution >= 0.6 is 0 Å². The van der Waals surface area contributed by atoms with Crippen LogP contribution in [0.1, 0.15) is 25.7 Å². The van der Waals surface area contributed by atoms with Crippen LogP contribution in [0.3, 0.4) is 0 Å². The van der Waals surface area contributed by atoms with Crippen molar-refractivity contribution in [3.8, 4) is 0 Å². The fourth-order valence-electron chi connectivity index (χ4n) is 2.59. The van der Waals surface area contributed by atoms with Gasteiger partial charge in [-0.25, -0.2) is 0 Å². The Morgan fingerprint density at radius 3 is 2.90 bits per heavy atom. The highest BCUT2D eigenvalue weighted by Crippen LogP contribution is 2.11. The Morgan fingerprint density at radius 1 is 1.40 bits per heavy atom. The van der Waals surface area contributed by atoms with Crippen LogP contribution in [0.4, 0.5) is 0 Å². The van der Waals surface area contributed by atoms with E-state index >= 15 is 0 Å². The van der Waals surface area contributed by atoms with Gasteiger partial charge in [0.2, 0.25) is 5.91 Å². The first kappa shape index (κ1) is 15.7. The van der Waals surface area contributed by atoms with E-state index in [1.807, 2.05) is 4.90 Å². The number of hydrogen-bond acceptors (Lipinski definition) is 5. The van der Waals surface area contributed by atoms with Crippen molar-refractivity contribution in [1.82, 2.24) is 10.2 Å². The van der Waals surface area contributed by atoms with Crippen LogP contribution in [0.5, 0.6) is 0 Å². The Labute approximate surface area is 120 Å². The number of amides is 1. The molecular weight excluding hydrogens is 260 g/mol. The lowest BCUT2D eigenvalue weighted by molar-refractivity contribution is -0.129. The lowest BCUT2D eigenvalue weighted by atomic mass is 10.2. The molecule has 0 bridgehead atoms. The van der Waals surface area contributed by atoms with Gasteiger partial charge in [0.1, 0.15) is 0 Å². The van der Waals surface area contributed by atoms with Crippen molar-refractivity contribution >= 4 is 5.91 Å². The smallest absolute Gasteiger partial charge is 0.236 e. The fraction of sp³-hybridized carbons (Fsp3) is 0.929. The molecule has 2 atom stereocenters. The lowest BCUT2D eigenvalue weighted by Crippen LogP contribution is -2.40. The van der Waals surface area contributed by atoms with Crippen molar-refractivity contribution in [1.29, 1.82) is 0 Å². The minimum atomic E-state index is -0.581. The van der Waals surface area contributed by atoms with Crippen molar-refractivity contribution in [2.24, 2.45) is 0 Å². The summed E-state index contributed by atoms with van der Waals surface area (Å²) in [5.74, 6) is 0.120. The number of nitrogens with one attached hydrogen (secondary N) is 1. The summed E-state index contributed by atoms with van der Waals surface area (Å²) in [5.41, 5.74) is 0. The second-order valence-electron chi connectivity index (χ2n) is 5.55. The van der Waals surface area contributed by atoms with Gasteiger partial charge in [0.15, 0.2) is 0 Å². The average molecular weight is 286 g/mol. The third kappa shape index (κ3) is 5.36. The molecule has 2 aliphatic rings. The zero-order chi connectivity index (χ0) is 14.2.